The van der Waals surface area contributed by atoms with Crippen molar-refractivity contribution in [3.05, 3.63) is 0 Å². The summed E-state index contributed by atoms with van der Waals surface area (Å²) in [7, 11) is 4.98. The number of amides is 3. The minimum Gasteiger partial charge on any atom is -0.465 e. The Labute approximate surface area is 125 Å². The number of urea groups is 1. The van der Waals surface area contributed by atoms with Crippen molar-refractivity contribution >= 4 is 17.9 Å². The molecule has 0 aromatic carbocycles. The fraction of sp³-hybridized carbons (Fsp3) is 0.786. The predicted molar refractivity (Wildman–Crippen MR) is 77.7 cm³/mol. The maximum absolute atomic E-state index is 12.3. The zero-order chi connectivity index (χ0) is 16.0. The highest BCUT2D eigenvalue weighted by Gasteiger charge is 2.31. The smallest absolute Gasteiger partial charge is 0.325 e. The van der Waals surface area contributed by atoms with Crippen molar-refractivity contribution in [1.82, 2.24) is 14.7 Å². The van der Waals surface area contributed by atoms with Gasteiger partial charge in [-0.1, -0.05) is 0 Å². The predicted octanol–water partition coefficient (Wildman–Crippen LogP) is 0.402. The van der Waals surface area contributed by atoms with Gasteiger partial charge in [-0.2, -0.15) is 0 Å². The molecule has 0 aliphatic carbocycles. The molecule has 0 aromatic rings. The quantitative estimate of drug-likeness (QED) is 0.705. The standard InChI is InChI=1S/C14H25N3O4/c1-5-21-12(18)10-16(4)13(19)11-7-6-8-17(9-11)14(20)15(2)3/h11H,5-10H2,1-4H3. The van der Waals surface area contributed by atoms with Gasteiger partial charge in [0, 0.05) is 34.2 Å². The Morgan fingerprint density at radius 3 is 2.48 bits per heavy atom. The van der Waals surface area contributed by atoms with Gasteiger partial charge in [-0.25, -0.2) is 4.79 Å². The maximum Gasteiger partial charge on any atom is 0.325 e. The molecule has 3 amide bonds. The molecule has 0 aromatic heterocycles. The van der Waals surface area contributed by atoms with E-state index in [1.165, 1.54) is 9.80 Å². The molecular formula is C14H25N3O4. The number of carbonyl (C=O) groups is 3. The van der Waals surface area contributed by atoms with Crippen molar-refractivity contribution in [2.75, 3.05) is 47.4 Å². The molecule has 1 saturated heterocycles. The zero-order valence-electron chi connectivity index (χ0n) is 13.3. The van der Waals surface area contributed by atoms with Crippen LogP contribution in [0.5, 0.6) is 0 Å². The van der Waals surface area contributed by atoms with Gasteiger partial charge in [0.15, 0.2) is 0 Å². The Kier molecular flexibility index (Phi) is 6.45. The lowest BCUT2D eigenvalue weighted by atomic mass is 9.97. The summed E-state index contributed by atoms with van der Waals surface area (Å²) in [6.45, 7) is 3.05. The second-order valence-electron chi connectivity index (χ2n) is 5.46. The summed E-state index contributed by atoms with van der Waals surface area (Å²) in [6, 6.07) is -0.0828. The Morgan fingerprint density at radius 2 is 1.90 bits per heavy atom. The van der Waals surface area contributed by atoms with Crippen molar-refractivity contribution < 1.29 is 19.1 Å². The third-order valence-corrected chi connectivity index (χ3v) is 3.47. The number of rotatable bonds is 4. The minimum absolute atomic E-state index is 0.0508. The van der Waals surface area contributed by atoms with E-state index in [0.717, 1.165) is 12.8 Å². The van der Waals surface area contributed by atoms with Crippen LogP contribution in [-0.2, 0) is 14.3 Å². The van der Waals surface area contributed by atoms with E-state index in [9.17, 15) is 14.4 Å². The summed E-state index contributed by atoms with van der Waals surface area (Å²) in [5, 5.41) is 0. The van der Waals surface area contributed by atoms with Crippen LogP contribution in [0, 0.1) is 5.92 Å². The van der Waals surface area contributed by atoms with Crippen LogP contribution in [0.1, 0.15) is 19.8 Å². The van der Waals surface area contributed by atoms with Gasteiger partial charge in [-0.15, -0.1) is 0 Å². The van der Waals surface area contributed by atoms with Crippen LogP contribution in [0.2, 0.25) is 0 Å². The van der Waals surface area contributed by atoms with Crippen molar-refractivity contribution in [1.29, 1.82) is 0 Å². The third-order valence-electron chi connectivity index (χ3n) is 3.47. The van der Waals surface area contributed by atoms with E-state index < -0.39 is 5.97 Å². The molecule has 1 atom stereocenters. The number of esters is 1. The van der Waals surface area contributed by atoms with Gasteiger partial charge < -0.3 is 19.4 Å². The normalized spacial score (nSPS) is 18.1. The van der Waals surface area contributed by atoms with Crippen molar-refractivity contribution in [3.63, 3.8) is 0 Å². The van der Waals surface area contributed by atoms with Gasteiger partial charge in [-0.3, -0.25) is 9.59 Å². The highest BCUT2D eigenvalue weighted by atomic mass is 16.5. The fourth-order valence-corrected chi connectivity index (χ4v) is 2.43. The highest BCUT2D eigenvalue weighted by Crippen LogP contribution is 2.19. The van der Waals surface area contributed by atoms with Gasteiger partial charge in [0.1, 0.15) is 6.54 Å². The molecule has 7 heteroatoms. The number of hydrogen-bond donors (Lipinski definition) is 0. The summed E-state index contributed by atoms with van der Waals surface area (Å²) in [4.78, 5) is 40.3. The van der Waals surface area contributed by atoms with Gasteiger partial charge >= 0.3 is 12.0 Å². The zero-order valence-corrected chi connectivity index (χ0v) is 13.3. The van der Waals surface area contributed by atoms with Crippen molar-refractivity contribution in [2.45, 2.75) is 19.8 Å². The number of hydrogen-bond acceptors (Lipinski definition) is 4. The average Bonchev–Trinajstić information content (AvgIpc) is 2.45. The lowest BCUT2D eigenvalue weighted by molar-refractivity contribution is -0.149. The summed E-state index contributed by atoms with van der Waals surface area (Å²) < 4.78 is 4.84. The second kappa shape index (κ2) is 7.85. The molecule has 0 saturated carbocycles. The molecule has 1 aliphatic rings. The van der Waals surface area contributed by atoms with Gasteiger partial charge in [-0.05, 0) is 19.8 Å². The summed E-state index contributed by atoms with van der Waals surface area (Å²) in [5.41, 5.74) is 0. The Morgan fingerprint density at radius 1 is 1.24 bits per heavy atom. The molecule has 1 fully saturated rings. The molecule has 1 heterocycles. The highest BCUT2D eigenvalue weighted by molar-refractivity contribution is 5.84. The summed E-state index contributed by atoms with van der Waals surface area (Å²) >= 11 is 0. The van der Waals surface area contributed by atoms with E-state index in [0.29, 0.717) is 19.7 Å². The van der Waals surface area contributed by atoms with E-state index in [1.807, 2.05) is 0 Å². The number of likely N-dealkylation sites (tertiary alicyclic amines) is 1. The first-order chi connectivity index (χ1) is 9.86. The first-order valence-corrected chi connectivity index (χ1v) is 7.23. The van der Waals surface area contributed by atoms with Gasteiger partial charge in [0.05, 0.1) is 12.5 Å². The number of likely N-dealkylation sites (N-methyl/N-ethyl adjacent to an activating group) is 1. The monoisotopic (exact) mass is 299 g/mol. The lowest BCUT2D eigenvalue weighted by Gasteiger charge is -2.35. The molecular weight excluding hydrogens is 274 g/mol. The molecule has 1 aliphatic heterocycles. The molecule has 0 bridgehead atoms. The number of ether oxygens (including phenoxy) is 1. The molecule has 1 unspecified atom stereocenters. The summed E-state index contributed by atoms with van der Waals surface area (Å²) in [5.74, 6) is -0.772. The minimum atomic E-state index is -0.412. The molecule has 0 spiro atoms. The number of nitrogens with zero attached hydrogens (tertiary/aromatic N) is 3. The van der Waals surface area contributed by atoms with Crippen LogP contribution in [0.4, 0.5) is 4.79 Å². The summed E-state index contributed by atoms with van der Waals surface area (Å²) in [6.07, 6.45) is 1.53. The average molecular weight is 299 g/mol. The van der Waals surface area contributed by atoms with Crippen LogP contribution in [-0.4, -0.2) is 80.0 Å². The Bertz CT molecular complexity index is 398. The largest absolute Gasteiger partial charge is 0.465 e. The van der Waals surface area contributed by atoms with E-state index in [2.05, 4.69) is 0 Å². The molecule has 0 radical (unpaired) electrons. The SMILES string of the molecule is CCOC(=O)CN(C)C(=O)C1CCCN(C(=O)N(C)C)C1. The molecule has 120 valence electrons. The second-order valence-corrected chi connectivity index (χ2v) is 5.46. The first-order valence-electron chi connectivity index (χ1n) is 7.23. The molecule has 7 nitrogen and oxygen atoms in total. The van der Waals surface area contributed by atoms with E-state index in [4.69, 9.17) is 4.74 Å². The van der Waals surface area contributed by atoms with Crippen LogP contribution < -0.4 is 0 Å². The van der Waals surface area contributed by atoms with Crippen LogP contribution >= 0.6 is 0 Å². The molecule has 21 heavy (non-hydrogen) atoms. The topological polar surface area (TPSA) is 70.2 Å². The van der Waals surface area contributed by atoms with Gasteiger partial charge in [0.2, 0.25) is 5.91 Å². The Hall–Kier alpha value is -1.79. The Balaban J connectivity index is 2.57. The molecule has 1 rings (SSSR count). The maximum atomic E-state index is 12.3. The third kappa shape index (κ3) is 4.91. The first kappa shape index (κ1) is 17.3. The van der Waals surface area contributed by atoms with E-state index in [1.54, 1.807) is 33.0 Å². The van der Waals surface area contributed by atoms with E-state index >= 15 is 0 Å². The van der Waals surface area contributed by atoms with Crippen molar-refractivity contribution in [2.24, 2.45) is 5.92 Å². The lowest BCUT2D eigenvalue weighted by Crippen LogP contribution is -2.49. The van der Waals surface area contributed by atoms with Crippen LogP contribution in [0.15, 0.2) is 0 Å². The molecule has 0 N–H and O–H groups in total. The number of carbonyl (C=O) groups excluding carboxylic acids is 3. The number of piperidine rings is 1. The van der Waals surface area contributed by atoms with Crippen molar-refractivity contribution in [3.8, 4) is 0 Å². The fourth-order valence-electron chi connectivity index (χ4n) is 2.43. The van der Waals surface area contributed by atoms with Crippen LogP contribution in [0.3, 0.4) is 0 Å². The van der Waals surface area contributed by atoms with E-state index in [-0.39, 0.29) is 24.4 Å². The van der Waals surface area contributed by atoms with Gasteiger partial charge in [0.25, 0.3) is 0 Å². The van der Waals surface area contributed by atoms with Crippen LogP contribution in [0.25, 0.3) is 0 Å².